The van der Waals surface area contributed by atoms with Crippen molar-refractivity contribution in [1.29, 1.82) is 0 Å². The van der Waals surface area contributed by atoms with Gasteiger partial charge in [0.25, 0.3) is 0 Å². The highest BCUT2D eigenvalue weighted by atomic mass is 16.3. The van der Waals surface area contributed by atoms with Gasteiger partial charge in [0, 0.05) is 13.1 Å². The molecule has 1 saturated heterocycles. The van der Waals surface area contributed by atoms with Gasteiger partial charge in [-0.2, -0.15) is 0 Å². The maximum Gasteiger partial charge on any atom is 0.0705 e. The van der Waals surface area contributed by atoms with Crippen molar-refractivity contribution in [3.8, 4) is 0 Å². The standard InChI is InChI=1S/C7H16N2O/c1-8-4-6-2-3-9-5-7(6)10/h6-10H,2-5H2,1H3/t6?,7-/m1/s1. The highest BCUT2D eigenvalue weighted by Crippen LogP contribution is 2.10. The van der Waals surface area contributed by atoms with Crippen LogP contribution >= 0.6 is 0 Å². The Hall–Kier alpha value is -0.120. The zero-order valence-corrected chi connectivity index (χ0v) is 6.43. The molecule has 3 N–H and O–H groups in total. The van der Waals surface area contributed by atoms with Crippen molar-refractivity contribution in [2.75, 3.05) is 26.7 Å². The van der Waals surface area contributed by atoms with Crippen LogP contribution in [0, 0.1) is 5.92 Å². The van der Waals surface area contributed by atoms with Crippen molar-refractivity contribution in [3.05, 3.63) is 0 Å². The molecule has 0 bridgehead atoms. The molecule has 0 aromatic heterocycles. The maximum atomic E-state index is 9.40. The fourth-order valence-corrected chi connectivity index (χ4v) is 1.40. The molecule has 0 aliphatic carbocycles. The van der Waals surface area contributed by atoms with Crippen LogP contribution in [-0.2, 0) is 0 Å². The minimum atomic E-state index is -0.152. The average molecular weight is 144 g/mol. The minimum absolute atomic E-state index is 0.152. The molecule has 0 spiro atoms. The Kier molecular flexibility index (Phi) is 3.12. The van der Waals surface area contributed by atoms with Crippen LogP contribution in [0.1, 0.15) is 6.42 Å². The third-order valence-corrected chi connectivity index (χ3v) is 2.06. The number of aliphatic hydroxyl groups is 1. The zero-order chi connectivity index (χ0) is 7.40. The summed E-state index contributed by atoms with van der Waals surface area (Å²) in [6.45, 7) is 2.73. The van der Waals surface area contributed by atoms with E-state index in [1.165, 1.54) is 0 Å². The van der Waals surface area contributed by atoms with Gasteiger partial charge in [-0.15, -0.1) is 0 Å². The fourth-order valence-electron chi connectivity index (χ4n) is 1.40. The number of hydrogen-bond donors (Lipinski definition) is 3. The molecular formula is C7H16N2O. The highest BCUT2D eigenvalue weighted by molar-refractivity contribution is 4.77. The van der Waals surface area contributed by atoms with Crippen molar-refractivity contribution < 1.29 is 5.11 Å². The Morgan fingerprint density at radius 3 is 3.10 bits per heavy atom. The van der Waals surface area contributed by atoms with Gasteiger partial charge in [-0.05, 0) is 25.9 Å². The van der Waals surface area contributed by atoms with Crippen molar-refractivity contribution in [2.24, 2.45) is 5.92 Å². The Morgan fingerprint density at radius 2 is 2.50 bits per heavy atom. The second kappa shape index (κ2) is 3.91. The van der Waals surface area contributed by atoms with Crippen LogP contribution in [0.3, 0.4) is 0 Å². The van der Waals surface area contributed by atoms with E-state index >= 15 is 0 Å². The summed E-state index contributed by atoms with van der Waals surface area (Å²) < 4.78 is 0. The quantitative estimate of drug-likeness (QED) is 0.474. The molecule has 0 aromatic carbocycles. The summed E-state index contributed by atoms with van der Waals surface area (Å²) in [6, 6.07) is 0. The van der Waals surface area contributed by atoms with Gasteiger partial charge in [0.2, 0.25) is 0 Å². The van der Waals surface area contributed by atoms with Gasteiger partial charge in [-0.1, -0.05) is 0 Å². The number of β-amino-alcohol motifs (C(OH)–C–C–N with tert-alkyl or cyclic N) is 1. The van der Waals surface area contributed by atoms with E-state index in [2.05, 4.69) is 10.6 Å². The molecule has 10 heavy (non-hydrogen) atoms. The second-order valence-electron chi connectivity index (χ2n) is 2.88. The van der Waals surface area contributed by atoms with Gasteiger partial charge in [0.1, 0.15) is 0 Å². The number of rotatable bonds is 2. The van der Waals surface area contributed by atoms with Gasteiger partial charge < -0.3 is 15.7 Å². The van der Waals surface area contributed by atoms with Crippen LogP contribution in [-0.4, -0.2) is 37.9 Å². The molecule has 0 saturated carbocycles. The maximum absolute atomic E-state index is 9.40. The molecule has 1 fully saturated rings. The summed E-state index contributed by atoms with van der Waals surface area (Å²) in [5.74, 6) is 0.450. The van der Waals surface area contributed by atoms with Crippen molar-refractivity contribution >= 4 is 0 Å². The second-order valence-corrected chi connectivity index (χ2v) is 2.88. The molecular weight excluding hydrogens is 128 g/mol. The molecule has 0 aromatic rings. The Morgan fingerprint density at radius 1 is 1.70 bits per heavy atom. The Bertz CT molecular complexity index is 95.6. The molecule has 3 nitrogen and oxygen atoms in total. The largest absolute Gasteiger partial charge is 0.391 e. The summed E-state index contributed by atoms with van der Waals surface area (Å²) in [5.41, 5.74) is 0. The van der Waals surface area contributed by atoms with E-state index in [9.17, 15) is 5.11 Å². The topological polar surface area (TPSA) is 44.3 Å². The first kappa shape index (κ1) is 7.98. The minimum Gasteiger partial charge on any atom is -0.391 e. The molecule has 60 valence electrons. The molecule has 1 aliphatic heterocycles. The lowest BCUT2D eigenvalue weighted by Gasteiger charge is -2.27. The van der Waals surface area contributed by atoms with E-state index in [0.717, 1.165) is 26.1 Å². The summed E-state index contributed by atoms with van der Waals surface area (Å²) in [5, 5.41) is 15.6. The Labute approximate surface area is 61.8 Å². The van der Waals surface area contributed by atoms with E-state index in [1.54, 1.807) is 0 Å². The predicted octanol–water partition coefficient (Wildman–Crippen LogP) is -0.824. The number of piperidine rings is 1. The van der Waals surface area contributed by atoms with Crippen LogP contribution in [0.2, 0.25) is 0 Å². The highest BCUT2D eigenvalue weighted by Gasteiger charge is 2.21. The first-order valence-electron chi connectivity index (χ1n) is 3.88. The molecule has 1 heterocycles. The van der Waals surface area contributed by atoms with Crippen LogP contribution in [0.25, 0.3) is 0 Å². The van der Waals surface area contributed by atoms with Gasteiger partial charge in [-0.3, -0.25) is 0 Å². The summed E-state index contributed by atoms with van der Waals surface area (Å²) in [6.07, 6.45) is 0.934. The van der Waals surface area contributed by atoms with Crippen molar-refractivity contribution in [3.63, 3.8) is 0 Å². The molecule has 3 heteroatoms. The number of hydrogen-bond acceptors (Lipinski definition) is 3. The first-order chi connectivity index (χ1) is 4.84. The lowest BCUT2D eigenvalue weighted by atomic mass is 9.95. The fraction of sp³-hybridized carbons (Fsp3) is 1.00. The molecule has 1 aliphatic rings. The Balaban J connectivity index is 2.25. The van der Waals surface area contributed by atoms with Gasteiger partial charge in [0.15, 0.2) is 0 Å². The number of aliphatic hydroxyl groups excluding tert-OH is 1. The number of nitrogens with one attached hydrogen (secondary N) is 2. The van der Waals surface area contributed by atoms with Crippen LogP contribution in [0.5, 0.6) is 0 Å². The normalized spacial score (nSPS) is 34.2. The predicted molar refractivity (Wildman–Crippen MR) is 40.9 cm³/mol. The summed E-state index contributed by atoms with van der Waals surface area (Å²) in [4.78, 5) is 0. The monoisotopic (exact) mass is 144 g/mol. The smallest absolute Gasteiger partial charge is 0.0705 e. The van der Waals surface area contributed by atoms with Crippen molar-refractivity contribution in [1.82, 2.24) is 10.6 Å². The third-order valence-electron chi connectivity index (χ3n) is 2.06. The summed E-state index contributed by atoms with van der Waals surface area (Å²) in [7, 11) is 1.93. The van der Waals surface area contributed by atoms with Crippen LogP contribution in [0.4, 0.5) is 0 Å². The molecule has 1 rings (SSSR count). The van der Waals surface area contributed by atoms with E-state index < -0.39 is 0 Å². The SMILES string of the molecule is CNCC1CCNC[C@H]1O. The molecule has 1 unspecified atom stereocenters. The van der Waals surface area contributed by atoms with Gasteiger partial charge >= 0.3 is 0 Å². The summed E-state index contributed by atoms with van der Waals surface area (Å²) >= 11 is 0. The zero-order valence-electron chi connectivity index (χ0n) is 6.43. The van der Waals surface area contributed by atoms with Gasteiger partial charge in [-0.25, -0.2) is 0 Å². The lowest BCUT2D eigenvalue weighted by Crippen LogP contribution is -2.43. The van der Waals surface area contributed by atoms with E-state index in [-0.39, 0.29) is 6.10 Å². The molecule has 2 atom stereocenters. The first-order valence-corrected chi connectivity index (χ1v) is 3.88. The van der Waals surface area contributed by atoms with Crippen molar-refractivity contribution in [2.45, 2.75) is 12.5 Å². The molecule has 0 amide bonds. The molecule has 0 radical (unpaired) electrons. The van der Waals surface area contributed by atoms with Gasteiger partial charge in [0.05, 0.1) is 6.10 Å². The third kappa shape index (κ3) is 1.94. The van der Waals surface area contributed by atoms with Crippen LogP contribution in [0.15, 0.2) is 0 Å². The van der Waals surface area contributed by atoms with E-state index in [4.69, 9.17) is 0 Å². The lowest BCUT2D eigenvalue weighted by molar-refractivity contribution is 0.0826. The van der Waals surface area contributed by atoms with E-state index in [0.29, 0.717) is 5.92 Å². The van der Waals surface area contributed by atoms with Crippen LogP contribution < -0.4 is 10.6 Å². The average Bonchev–Trinajstić information content (AvgIpc) is 1.94. The van der Waals surface area contributed by atoms with E-state index in [1.807, 2.05) is 7.05 Å².